The molecule has 1 aliphatic carbocycles. The standard InChI is InChI=1S/C17H26N4O/c1-18-17(21-10-4-5-11-21)20-13-14-8-9-19-16(12-14)22-15-6-2-3-7-15/h8-9,12,15H,2-7,10-11,13H2,1H3,(H,18,20). The number of nitrogens with one attached hydrogen (secondary N) is 1. The first-order valence-corrected chi connectivity index (χ1v) is 8.42. The zero-order valence-electron chi connectivity index (χ0n) is 13.4. The van der Waals surface area contributed by atoms with Crippen LogP contribution in [0, 0.1) is 0 Å². The molecule has 0 aromatic carbocycles. The van der Waals surface area contributed by atoms with Crippen LogP contribution < -0.4 is 10.1 Å². The lowest BCUT2D eigenvalue weighted by molar-refractivity contribution is 0.201. The van der Waals surface area contributed by atoms with Crippen LogP contribution in [0.3, 0.4) is 0 Å². The van der Waals surface area contributed by atoms with Gasteiger partial charge >= 0.3 is 0 Å². The maximum Gasteiger partial charge on any atom is 0.213 e. The van der Waals surface area contributed by atoms with Crippen molar-refractivity contribution >= 4 is 5.96 Å². The normalized spacial score (nSPS) is 19.7. The summed E-state index contributed by atoms with van der Waals surface area (Å²) in [6.07, 6.45) is 9.58. The number of hydrogen-bond acceptors (Lipinski definition) is 3. The third-order valence-corrected chi connectivity index (χ3v) is 4.46. The summed E-state index contributed by atoms with van der Waals surface area (Å²) < 4.78 is 5.97. The molecule has 0 radical (unpaired) electrons. The Hall–Kier alpha value is -1.78. The van der Waals surface area contributed by atoms with E-state index in [1.54, 1.807) is 0 Å². The van der Waals surface area contributed by atoms with Crippen LogP contribution in [0.25, 0.3) is 0 Å². The largest absolute Gasteiger partial charge is 0.474 e. The molecule has 1 saturated heterocycles. The fourth-order valence-electron chi connectivity index (χ4n) is 3.24. The Kier molecular flexibility index (Phi) is 5.14. The lowest BCUT2D eigenvalue weighted by atomic mass is 10.2. The third kappa shape index (κ3) is 3.90. The summed E-state index contributed by atoms with van der Waals surface area (Å²) in [7, 11) is 1.85. The monoisotopic (exact) mass is 302 g/mol. The van der Waals surface area contributed by atoms with E-state index >= 15 is 0 Å². The van der Waals surface area contributed by atoms with E-state index in [4.69, 9.17) is 4.74 Å². The summed E-state index contributed by atoms with van der Waals surface area (Å²) in [5, 5.41) is 3.44. The topological polar surface area (TPSA) is 49.8 Å². The molecule has 1 N–H and O–H groups in total. The van der Waals surface area contributed by atoms with Crippen molar-refractivity contribution in [2.75, 3.05) is 20.1 Å². The van der Waals surface area contributed by atoms with Crippen molar-refractivity contribution in [2.24, 2.45) is 4.99 Å². The number of aliphatic imine (C=N–C) groups is 1. The molecule has 5 heteroatoms. The molecule has 0 spiro atoms. The second-order valence-corrected chi connectivity index (χ2v) is 6.12. The molecule has 0 unspecified atom stereocenters. The first kappa shape index (κ1) is 15.1. The van der Waals surface area contributed by atoms with Crippen LogP contribution in [0.4, 0.5) is 0 Å². The minimum absolute atomic E-state index is 0.355. The van der Waals surface area contributed by atoms with Gasteiger partial charge in [0, 0.05) is 38.9 Å². The van der Waals surface area contributed by atoms with Crippen molar-refractivity contribution in [1.29, 1.82) is 0 Å². The average molecular weight is 302 g/mol. The van der Waals surface area contributed by atoms with Gasteiger partial charge in [-0.25, -0.2) is 4.98 Å². The predicted octanol–water partition coefficient (Wildman–Crippen LogP) is 2.57. The van der Waals surface area contributed by atoms with Gasteiger partial charge in [-0.1, -0.05) is 0 Å². The summed E-state index contributed by atoms with van der Waals surface area (Å²) in [4.78, 5) is 11.0. The molecule has 1 saturated carbocycles. The first-order chi connectivity index (χ1) is 10.8. The SMILES string of the molecule is CN=C(NCc1ccnc(OC2CCCC2)c1)N1CCCC1. The van der Waals surface area contributed by atoms with Gasteiger partial charge in [0.05, 0.1) is 0 Å². The number of rotatable bonds is 4. The molecule has 1 aromatic heterocycles. The maximum absolute atomic E-state index is 5.97. The highest BCUT2D eigenvalue weighted by Crippen LogP contribution is 2.23. The number of aromatic nitrogens is 1. The predicted molar refractivity (Wildman–Crippen MR) is 88.1 cm³/mol. The van der Waals surface area contributed by atoms with Gasteiger partial charge < -0.3 is 15.0 Å². The van der Waals surface area contributed by atoms with Gasteiger partial charge in [0.2, 0.25) is 5.88 Å². The Morgan fingerprint density at radius 3 is 2.82 bits per heavy atom. The molecule has 5 nitrogen and oxygen atoms in total. The van der Waals surface area contributed by atoms with Gasteiger partial charge in [-0.15, -0.1) is 0 Å². The summed E-state index contributed by atoms with van der Waals surface area (Å²) in [6, 6.07) is 4.08. The molecule has 22 heavy (non-hydrogen) atoms. The van der Waals surface area contributed by atoms with Crippen LogP contribution in [0.2, 0.25) is 0 Å². The maximum atomic E-state index is 5.97. The number of hydrogen-bond donors (Lipinski definition) is 1. The van der Waals surface area contributed by atoms with Crippen LogP contribution in [0.5, 0.6) is 5.88 Å². The zero-order chi connectivity index (χ0) is 15.2. The van der Waals surface area contributed by atoms with E-state index in [2.05, 4.69) is 20.2 Å². The molecular formula is C17H26N4O. The second-order valence-electron chi connectivity index (χ2n) is 6.12. The number of nitrogens with zero attached hydrogens (tertiary/aromatic N) is 3. The Balaban J connectivity index is 1.55. The number of pyridine rings is 1. The van der Waals surface area contributed by atoms with E-state index in [1.807, 2.05) is 25.4 Å². The van der Waals surface area contributed by atoms with Crippen molar-refractivity contribution < 1.29 is 4.74 Å². The molecule has 1 aliphatic heterocycles. The molecule has 120 valence electrons. The Labute approximate surface area is 132 Å². The molecular weight excluding hydrogens is 276 g/mol. The van der Waals surface area contributed by atoms with E-state index in [-0.39, 0.29) is 0 Å². The first-order valence-electron chi connectivity index (χ1n) is 8.42. The van der Waals surface area contributed by atoms with Crippen LogP contribution in [-0.4, -0.2) is 42.1 Å². The van der Waals surface area contributed by atoms with Crippen molar-refractivity contribution in [2.45, 2.75) is 51.2 Å². The van der Waals surface area contributed by atoms with Crippen LogP contribution in [0.1, 0.15) is 44.1 Å². The van der Waals surface area contributed by atoms with E-state index in [9.17, 15) is 0 Å². The molecule has 2 heterocycles. The average Bonchev–Trinajstić information content (AvgIpc) is 3.22. The minimum atomic E-state index is 0.355. The fraction of sp³-hybridized carbons (Fsp3) is 0.647. The Morgan fingerprint density at radius 2 is 2.09 bits per heavy atom. The van der Waals surface area contributed by atoms with Crippen molar-refractivity contribution in [3.63, 3.8) is 0 Å². The summed E-state index contributed by atoms with van der Waals surface area (Å²) >= 11 is 0. The summed E-state index contributed by atoms with van der Waals surface area (Å²) in [5.41, 5.74) is 1.18. The van der Waals surface area contributed by atoms with Gasteiger partial charge in [0.25, 0.3) is 0 Å². The van der Waals surface area contributed by atoms with Crippen molar-refractivity contribution in [3.05, 3.63) is 23.9 Å². The van der Waals surface area contributed by atoms with Crippen molar-refractivity contribution in [1.82, 2.24) is 15.2 Å². The smallest absolute Gasteiger partial charge is 0.213 e. The highest BCUT2D eigenvalue weighted by molar-refractivity contribution is 5.80. The molecule has 0 bridgehead atoms. The van der Waals surface area contributed by atoms with Gasteiger partial charge in [-0.05, 0) is 50.2 Å². The molecule has 0 amide bonds. The fourth-order valence-corrected chi connectivity index (χ4v) is 3.24. The molecule has 2 aliphatic rings. The molecule has 1 aromatic rings. The number of likely N-dealkylation sites (tertiary alicyclic amines) is 1. The molecule has 2 fully saturated rings. The van der Waals surface area contributed by atoms with Crippen LogP contribution >= 0.6 is 0 Å². The Morgan fingerprint density at radius 1 is 1.32 bits per heavy atom. The lowest BCUT2D eigenvalue weighted by Crippen LogP contribution is -2.39. The van der Waals surface area contributed by atoms with E-state index in [0.717, 1.165) is 44.3 Å². The van der Waals surface area contributed by atoms with E-state index in [0.29, 0.717) is 6.10 Å². The number of guanidine groups is 1. The highest BCUT2D eigenvalue weighted by Gasteiger charge is 2.17. The summed E-state index contributed by atoms with van der Waals surface area (Å²) in [6.45, 7) is 2.96. The minimum Gasteiger partial charge on any atom is -0.474 e. The lowest BCUT2D eigenvalue weighted by Gasteiger charge is -2.21. The van der Waals surface area contributed by atoms with E-state index in [1.165, 1.54) is 31.2 Å². The third-order valence-electron chi connectivity index (χ3n) is 4.46. The quantitative estimate of drug-likeness (QED) is 0.686. The summed E-state index contributed by atoms with van der Waals surface area (Å²) in [5.74, 6) is 1.75. The second kappa shape index (κ2) is 7.47. The molecule has 3 rings (SSSR count). The number of ether oxygens (including phenoxy) is 1. The van der Waals surface area contributed by atoms with Crippen LogP contribution in [0.15, 0.2) is 23.3 Å². The van der Waals surface area contributed by atoms with Gasteiger partial charge in [-0.2, -0.15) is 0 Å². The Bertz CT molecular complexity index is 505. The zero-order valence-corrected chi connectivity index (χ0v) is 13.4. The van der Waals surface area contributed by atoms with Crippen LogP contribution in [-0.2, 0) is 6.54 Å². The molecule has 0 atom stereocenters. The van der Waals surface area contributed by atoms with Gasteiger partial charge in [0.15, 0.2) is 5.96 Å². The van der Waals surface area contributed by atoms with Gasteiger partial charge in [-0.3, -0.25) is 4.99 Å². The highest BCUT2D eigenvalue weighted by atomic mass is 16.5. The van der Waals surface area contributed by atoms with Crippen molar-refractivity contribution in [3.8, 4) is 5.88 Å². The van der Waals surface area contributed by atoms with E-state index < -0.39 is 0 Å². The van der Waals surface area contributed by atoms with Gasteiger partial charge in [0.1, 0.15) is 6.10 Å².